The predicted octanol–water partition coefficient (Wildman–Crippen LogP) is -5.54. The van der Waals surface area contributed by atoms with Crippen LogP contribution >= 0.6 is 24.1 Å². The minimum Gasteiger partial charge on any atom is -0.593 e. The summed E-state index contributed by atoms with van der Waals surface area (Å²) in [6.07, 6.45) is -9.57. The highest BCUT2D eigenvalue weighted by atomic mass is 31.1. The average molecular weight is 366 g/mol. The number of aliphatic hydroxyl groups excluding tert-OH is 3. The van der Waals surface area contributed by atoms with E-state index < -0.39 is 58.4 Å². The van der Waals surface area contributed by atoms with E-state index in [9.17, 15) is 59.0 Å². The SMILES string of the molecule is O=[P+]([O-])[C@@]1(O)[C@@H](O)[C@H](O)[C@](O)([P+](=O)[O-])[C@@](O)([P+](=O)[O-])[C@H]1O. The molecule has 0 amide bonds. The molecule has 0 aromatic rings. The van der Waals surface area contributed by atoms with Crippen molar-refractivity contribution in [1.29, 1.82) is 0 Å². The Morgan fingerprint density at radius 3 is 1.38 bits per heavy atom. The van der Waals surface area contributed by atoms with E-state index in [1.54, 1.807) is 0 Å². The summed E-state index contributed by atoms with van der Waals surface area (Å²) in [6.45, 7) is 0. The fourth-order valence-electron chi connectivity index (χ4n) is 2.01. The maximum atomic E-state index is 11.1. The number of rotatable bonds is 3. The average Bonchev–Trinajstić information content (AvgIpc) is 2.39. The molecule has 21 heavy (non-hydrogen) atoms. The Kier molecular flexibility index (Phi) is 5.01. The van der Waals surface area contributed by atoms with Gasteiger partial charge in [0.25, 0.3) is 0 Å². The molecule has 15 heteroatoms. The zero-order valence-corrected chi connectivity index (χ0v) is 12.4. The topological polar surface area (TPSA) is 242 Å². The monoisotopic (exact) mass is 366 g/mol. The molecule has 1 aliphatic carbocycles. The maximum absolute atomic E-state index is 11.1. The second kappa shape index (κ2) is 5.54. The number of hydrogen-bond acceptors (Lipinski definition) is 12. The van der Waals surface area contributed by atoms with Gasteiger partial charge in [-0.2, -0.15) is 0 Å². The quantitative estimate of drug-likeness (QED) is 0.256. The van der Waals surface area contributed by atoms with Gasteiger partial charge < -0.3 is 45.3 Å². The maximum Gasteiger partial charge on any atom is 0.370 e. The Morgan fingerprint density at radius 2 is 1.10 bits per heavy atom. The van der Waals surface area contributed by atoms with Crippen LogP contribution in [0, 0.1) is 0 Å². The Bertz CT molecular complexity index is 511. The van der Waals surface area contributed by atoms with Gasteiger partial charge in [-0.3, -0.25) is 0 Å². The fourth-order valence-corrected chi connectivity index (χ4v) is 4.89. The van der Waals surface area contributed by atoms with E-state index in [1.807, 2.05) is 0 Å². The lowest BCUT2D eigenvalue weighted by Gasteiger charge is -2.46. The number of aliphatic hydroxyl groups is 6. The van der Waals surface area contributed by atoms with Gasteiger partial charge in [0.2, 0.25) is 6.10 Å². The summed E-state index contributed by atoms with van der Waals surface area (Å²) >= 11 is 0. The summed E-state index contributed by atoms with van der Waals surface area (Å²) in [4.78, 5) is 33.0. The molecule has 1 saturated carbocycles. The van der Waals surface area contributed by atoms with Crippen LogP contribution in [-0.4, -0.2) is 65.0 Å². The Labute approximate surface area is 118 Å². The third-order valence-corrected chi connectivity index (χ3v) is 6.90. The smallest absolute Gasteiger partial charge is 0.370 e. The zero-order valence-electron chi connectivity index (χ0n) is 9.71. The molecule has 0 spiro atoms. The molecule has 0 radical (unpaired) electrons. The zero-order chi connectivity index (χ0) is 17.0. The van der Waals surface area contributed by atoms with Gasteiger partial charge in [-0.05, 0) is 0 Å². The first-order valence-corrected chi connectivity index (χ1v) is 8.48. The molecule has 3 unspecified atom stereocenters. The van der Waals surface area contributed by atoms with E-state index in [-0.39, 0.29) is 0 Å². The highest BCUT2D eigenvalue weighted by molar-refractivity contribution is 7.44. The van der Waals surface area contributed by atoms with Gasteiger partial charge in [0.1, 0.15) is 0 Å². The van der Waals surface area contributed by atoms with Crippen molar-refractivity contribution >= 4 is 24.1 Å². The first-order chi connectivity index (χ1) is 9.30. The number of hydrogen-bond donors (Lipinski definition) is 6. The lowest BCUT2D eigenvalue weighted by molar-refractivity contribution is -0.306. The Hall–Kier alpha value is -0.0600. The molecule has 1 aliphatic rings. The highest BCUT2D eigenvalue weighted by Crippen LogP contribution is 2.61. The van der Waals surface area contributed by atoms with E-state index in [1.165, 1.54) is 0 Å². The Balaban J connectivity index is 3.74. The molecule has 0 aromatic heterocycles. The second-order valence-electron chi connectivity index (χ2n) is 4.30. The third-order valence-electron chi connectivity index (χ3n) is 3.32. The first kappa shape index (κ1) is 19.0. The van der Waals surface area contributed by atoms with Crippen molar-refractivity contribution in [3.63, 3.8) is 0 Å². The van der Waals surface area contributed by atoms with E-state index in [0.717, 1.165) is 0 Å². The first-order valence-electron chi connectivity index (χ1n) is 4.95. The van der Waals surface area contributed by atoms with Crippen molar-refractivity contribution in [2.24, 2.45) is 0 Å². The van der Waals surface area contributed by atoms with Gasteiger partial charge >= 0.3 is 40.1 Å². The minimum atomic E-state index is -4.52. The molecule has 1 rings (SSSR count). The summed E-state index contributed by atoms with van der Waals surface area (Å²) in [5.74, 6) is 0. The van der Waals surface area contributed by atoms with Gasteiger partial charge in [-0.15, -0.1) is 0 Å². The molecular formula is C6H9O12P3. The van der Waals surface area contributed by atoms with Gasteiger partial charge in [0, 0.05) is 0 Å². The molecule has 0 aromatic carbocycles. The van der Waals surface area contributed by atoms with E-state index in [2.05, 4.69) is 0 Å². The van der Waals surface area contributed by atoms with Gasteiger partial charge in [-0.25, -0.2) is 0 Å². The third kappa shape index (κ3) is 2.13. The van der Waals surface area contributed by atoms with Gasteiger partial charge in [0.15, 0.2) is 12.2 Å². The normalized spacial score (nSPS) is 49.6. The van der Waals surface area contributed by atoms with E-state index >= 15 is 0 Å². The molecule has 9 atom stereocenters. The summed E-state index contributed by atoms with van der Waals surface area (Å²) in [6, 6.07) is 0. The van der Waals surface area contributed by atoms with Gasteiger partial charge in [-0.1, -0.05) is 13.7 Å². The fraction of sp³-hybridized carbons (Fsp3) is 1.00. The molecule has 0 aliphatic heterocycles. The molecule has 0 heterocycles. The van der Waals surface area contributed by atoms with E-state index in [0.29, 0.717) is 0 Å². The lowest BCUT2D eigenvalue weighted by atomic mass is 9.83. The molecule has 6 N–H and O–H groups in total. The van der Waals surface area contributed by atoms with Crippen molar-refractivity contribution in [2.75, 3.05) is 0 Å². The molecular weight excluding hydrogens is 357 g/mol. The van der Waals surface area contributed by atoms with E-state index in [4.69, 9.17) is 0 Å². The summed E-state index contributed by atoms with van der Waals surface area (Å²) in [5.41, 5.74) is 0. The van der Waals surface area contributed by atoms with Crippen LogP contribution < -0.4 is 14.7 Å². The minimum absolute atomic E-state index is 3.03. The van der Waals surface area contributed by atoms with Crippen molar-refractivity contribution in [3.05, 3.63) is 0 Å². The largest absolute Gasteiger partial charge is 0.593 e. The molecule has 0 bridgehead atoms. The van der Waals surface area contributed by atoms with Crippen molar-refractivity contribution in [1.82, 2.24) is 0 Å². The molecule has 1 fully saturated rings. The van der Waals surface area contributed by atoms with Crippen LogP contribution in [0.25, 0.3) is 0 Å². The van der Waals surface area contributed by atoms with Crippen molar-refractivity contribution < 1.29 is 59.0 Å². The van der Waals surface area contributed by atoms with Crippen LogP contribution in [0.3, 0.4) is 0 Å². The van der Waals surface area contributed by atoms with Gasteiger partial charge in [0.05, 0.1) is 0 Å². The van der Waals surface area contributed by atoms with Crippen molar-refractivity contribution in [3.8, 4) is 0 Å². The lowest BCUT2D eigenvalue weighted by Crippen LogP contribution is -2.79. The van der Waals surface area contributed by atoms with Crippen LogP contribution in [0.2, 0.25) is 0 Å². The van der Waals surface area contributed by atoms with Crippen LogP contribution in [-0.2, 0) is 13.7 Å². The van der Waals surface area contributed by atoms with Crippen LogP contribution in [0.4, 0.5) is 0 Å². The molecule has 120 valence electrons. The summed E-state index contributed by atoms with van der Waals surface area (Å²) < 4.78 is 33.0. The highest BCUT2D eigenvalue weighted by Gasteiger charge is 2.88. The van der Waals surface area contributed by atoms with Crippen LogP contribution in [0.5, 0.6) is 0 Å². The Morgan fingerprint density at radius 1 is 0.714 bits per heavy atom. The molecule has 12 nitrogen and oxygen atoms in total. The molecule has 0 saturated heterocycles. The standard InChI is InChI=1S/C6H9O12P3/c7-1-2(8)5(11,20(15)16)6(12,21(17)18)3(9)4(1,10)19(13)14/h1-3,7-12H/t1-,2-,3-,4-,5-,6-/m0/s1. The second-order valence-corrected chi connectivity index (χ2v) is 7.92. The summed E-state index contributed by atoms with van der Waals surface area (Å²) in [7, 11) is -13.2. The predicted molar refractivity (Wildman–Crippen MR) is 55.7 cm³/mol. The summed E-state index contributed by atoms with van der Waals surface area (Å²) in [5, 5.41) is 45.7. The van der Waals surface area contributed by atoms with Crippen LogP contribution in [0.1, 0.15) is 0 Å². The van der Waals surface area contributed by atoms with Crippen molar-refractivity contribution in [2.45, 2.75) is 34.3 Å². The van der Waals surface area contributed by atoms with Crippen LogP contribution in [0.15, 0.2) is 0 Å².